The number of anilines is 6. The molecular formula is C39H48FN13O5. The maximum Gasteiger partial charge on any atom is 0.328 e. The molecule has 19 heteroatoms. The molecule has 0 spiro atoms. The van der Waals surface area contributed by atoms with Gasteiger partial charge in [-0.3, -0.25) is 24.6 Å². The number of amides is 7. The van der Waals surface area contributed by atoms with Gasteiger partial charge < -0.3 is 40.4 Å². The van der Waals surface area contributed by atoms with Crippen LogP contribution in [0.3, 0.4) is 0 Å². The second-order valence-corrected chi connectivity index (χ2v) is 15.6. The lowest BCUT2D eigenvalue weighted by atomic mass is 9.95. The molecule has 5 saturated heterocycles. The molecule has 3 aromatic rings. The maximum atomic E-state index is 15.7. The van der Waals surface area contributed by atoms with Gasteiger partial charge in [0.1, 0.15) is 5.82 Å². The predicted octanol–water partition coefficient (Wildman–Crippen LogP) is 2.20. The molecule has 0 aliphatic carbocycles. The van der Waals surface area contributed by atoms with Crippen LogP contribution < -0.4 is 36.0 Å². The largest absolute Gasteiger partial charge is 0.372 e. The molecule has 1 atom stereocenters. The van der Waals surface area contributed by atoms with Gasteiger partial charge in [0, 0.05) is 96.0 Å². The van der Waals surface area contributed by atoms with Crippen LogP contribution in [0.5, 0.6) is 0 Å². The lowest BCUT2D eigenvalue weighted by molar-refractivity contribution is -0.131. The minimum atomic E-state index is -0.841. The topological polar surface area (TPSA) is 197 Å². The molecule has 18 nitrogen and oxygen atoms in total. The lowest BCUT2D eigenvalue weighted by Gasteiger charge is -2.40. The van der Waals surface area contributed by atoms with Crippen LogP contribution in [0.2, 0.25) is 0 Å². The Balaban J connectivity index is 0.842. The van der Waals surface area contributed by atoms with E-state index in [1.54, 1.807) is 33.9 Å². The van der Waals surface area contributed by atoms with Gasteiger partial charge in [-0.15, -0.1) is 10.2 Å². The van der Waals surface area contributed by atoms with E-state index in [4.69, 9.17) is 5.73 Å². The van der Waals surface area contributed by atoms with E-state index in [0.29, 0.717) is 69.7 Å². The summed E-state index contributed by atoms with van der Waals surface area (Å²) in [6, 6.07) is 11.9. The summed E-state index contributed by atoms with van der Waals surface area (Å²) in [6.45, 7) is 6.18. The molecule has 5 fully saturated rings. The molecule has 1 aromatic heterocycles. The summed E-state index contributed by atoms with van der Waals surface area (Å²) in [5, 5.41) is 13.6. The zero-order chi connectivity index (χ0) is 40.5. The van der Waals surface area contributed by atoms with E-state index in [-0.39, 0.29) is 54.3 Å². The maximum absolute atomic E-state index is 15.7. The van der Waals surface area contributed by atoms with Gasteiger partial charge in [-0.05, 0) is 74.1 Å². The molecule has 0 bridgehead atoms. The van der Waals surface area contributed by atoms with Crippen LogP contribution in [-0.4, -0.2) is 145 Å². The van der Waals surface area contributed by atoms with Crippen LogP contribution in [0.15, 0.2) is 42.5 Å². The third kappa shape index (κ3) is 8.10. The Labute approximate surface area is 335 Å². The highest BCUT2D eigenvalue weighted by atomic mass is 19.1. The number of nitrogens with one attached hydrogen (secondary N) is 2. The van der Waals surface area contributed by atoms with Crippen molar-refractivity contribution in [2.24, 2.45) is 11.7 Å². The number of primary amides is 1. The predicted molar refractivity (Wildman–Crippen MR) is 214 cm³/mol. The number of nitrogens with zero attached hydrogens (tertiary/aromatic N) is 10. The second-order valence-electron chi connectivity index (χ2n) is 15.6. The molecule has 6 heterocycles. The Kier molecular flexibility index (Phi) is 10.8. The minimum Gasteiger partial charge on any atom is -0.372 e. The summed E-state index contributed by atoms with van der Waals surface area (Å²) in [6.07, 6.45) is 3.79. The fraction of sp³-hybridized carbons (Fsp3) is 0.487. The number of aromatic nitrogens is 3. The molecule has 58 heavy (non-hydrogen) atoms. The van der Waals surface area contributed by atoms with Crippen LogP contribution in [-0.2, 0) is 9.59 Å². The van der Waals surface area contributed by atoms with Crippen LogP contribution >= 0.6 is 0 Å². The molecule has 2 aromatic carbocycles. The summed E-state index contributed by atoms with van der Waals surface area (Å²) in [5.41, 5.74) is 7.84. The molecule has 306 valence electrons. The van der Waals surface area contributed by atoms with Gasteiger partial charge in [0.25, 0.3) is 5.91 Å². The minimum absolute atomic E-state index is 0.00369. The standard InChI is InChI=1S/C39H48FN13O5/c1-47-17-20-53(39(47)58)29-3-2-13-51(23-29)37-44-36(34(35(41)56)45-46-37)42-26-4-9-31(30(40)21-26)49-18-19-50(33(55)24-49)22-25-10-14-48(15-11-25)27-5-7-28(8-6-27)52-16-12-32(54)43-38(52)57/h4-9,21,25,29H,2-3,10-20,22-24H2,1H3,(H2,41,56)(H,42,44,46)(H,43,54,57)/t29-/m1/s1. The number of nitrogens with two attached hydrogens (primary N) is 1. The zero-order valence-electron chi connectivity index (χ0n) is 32.5. The normalized spacial score (nSPS) is 20.9. The first-order valence-electron chi connectivity index (χ1n) is 19.9. The van der Waals surface area contributed by atoms with Gasteiger partial charge in [-0.2, -0.15) is 4.98 Å². The number of carbonyl (C=O) groups is 5. The highest BCUT2D eigenvalue weighted by molar-refractivity contribution is 6.05. The number of halogens is 1. The number of hydrogen-bond donors (Lipinski definition) is 3. The summed E-state index contributed by atoms with van der Waals surface area (Å²) in [7, 11) is 1.79. The molecule has 7 amide bonds. The van der Waals surface area contributed by atoms with E-state index >= 15 is 4.39 Å². The number of hydrogen-bond acceptors (Lipinski definition) is 12. The third-order valence-corrected chi connectivity index (χ3v) is 11.8. The first-order valence-corrected chi connectivity index (χ1v) is 19.9. The Morgan fingerprint density at radius 3 is 2.34 bits per heavy atom. The average Bonchev–Trinajstić information content (AvgIpc) is 3.56. The fourth-order valence-corrected chi connectivity index (χ4v) is 8.53. The average molecular weight is 798 g/mol. The molecular weight excluding hydrogens is 750 g/mol. The van der Waals surface area contributed by atoms with Crippen molar-refractivity contribution < 1.29 is 28.4 Å². The zero-order valence-corrected chi connectivity index (χ0v) is 32.5. The summed E-state index contributed by atoms with van der Waals surface area (Å²) >= 11 is 0. The van der Waals surface area contributed by atoms with Gasteiger partial charge in [0.05, 0.1) is 18.3 Å². The number of piperazine rings is 1. The number of urea groups is 2. The van der Waals surface area contributed by atoms with Crippen LogP contribution in [0.1, 0.15) is 42.6 Å². The summed E-state index contributed by atoms with van der Waals surface area (Å²) in [5.74, 6) is -1.04. The smallest absolute Gasteiger partial charge is 0.328 e. The number of carbonyl (C=O) groups excluding carboxylic acids is 5. The highest BCUT2D eigenvalue weighted by Gasteiger charge is 2.35. The molecule has 4 N–H and O–H groups in total. The molecule has 0 saturated carbocycles. The van der Waals surface area contributed by atoms with E-state index in [9.17, 15) is 24.0 Å². The molecule has 5 aliphatic rings. The van der Waals surface area contributed by atoms with Crippen molar-refractivity contribution in [1.29, 1.82) is 0 Å². The van der Waals surface area contributed by atoms with Crippen molar-refractivity contribution in [2.75, 3.05) is 104 Å². The lowest BCUT2D eigenvalue weighted by Crippen LogP contribution is -2.52. The number of piperidine rings is 2. The summed E-state index contributed by atoms with van der Waals surface area (Å²) < 4.78 is 15.7. The monoisotopic (exact) mass is 797 g/mol. The number of imide groups is 1. The van der Waals surface area contributed by atoms with Crippen molar-refractivity contribution >= 4 is 64.3 Å². The van der Waals surface area contributed by atoms with E-state index in [1.807, 2.05) is 39.0 Å². The van der Waals surface area contributed by atoms with Crippen LogP contribution in [0, 0.1) is 11.7 Å². The quantitative estimate of drug-likeness (QED) is 0.271. The van der Waals surface area contributed by atoms with Crippen molar-refractivity contribution in [3.63, 3.8) is 0 Å². The van der Waals surface area contributed by atoms with Gasteiger partial charge in [-0.1, -0.05) is 0 Å². The summed E-state index contributed by atoms with van der Waals surface area (Å²) in [4.78, 5) is 79.6. The Morgan fingerprint density at radius 1 is 0.879 bits per heavy atom. The van der Waals surface area contributed by atoms with E-state index in [0.717, 1.165) is 50.1 Å². The Bertz CT molecular complexity index is 2080. The van der Waals surface area contributed by atoms with Gasteiger partial charge in [0.15, 0.2) is 11.5 Å². The number of benzene rings is 2. The van der Waals surface area contributed by atoms with E-state index in [2.05, 4.69) is 30.7 Å². The Hall–Kier alpha value is -6.27. The molecule has 5 aliphatic heterocycles. The second kappa shape index (κ2) is 16.3. The van der Waals surface area contributed by atoms with Crippen LogP contribution in [0.25, 0.3) is 0 Å². The molecule has 0 unspecified atom stereocenters. The van der Waals surface area contributed by atoms with E-state index < -0.39 is 17.8 Å². The van der Waals surface area contributed by atoms with Crippen molar-refractivity contribution in [1.82, 2.24) is 35.2 Å². The van der Waals surface area contributed by atoms with Gasteiger partial charge in [-0.25, -0.2) is 14.0 Å². The van der Waals surface area contributed by atoms with Crippen LogP contribution in [0.4, 0.5) is 48.5 Å². The first-order chi connectivity index (χ1) is 28.0. The number of rotatable bonds is 10. The first kappa shape index (κ1) is 38.6. The Morgan fingerprint density at radius 2 is 1.66 bits per heavy atom. The molecule has 8 rings (SSSR count). The van der Waals surface area contributed by atoms with Crippen molar-refractivity contribution in [2.45, 2.75) is 38.1 Å². The fourth-order valence-electron chi connectivity index (χ4n) is 8.53. The molecule has 0 radical (unpaired) electrons. The third-order valence-electron chi connectivity index (χ3n) is 11.8. The van der Waals surface area contributed by atoms with E-state index in [1.165, 1.54) is 6.07 Å². The van der Waals surface area contributed by atoms with Gasteiger partial charge in [0.2, 0.25) is 17.8 Å². The van der Waals surface area contributed by atoms with Crippen molar-refractivity contribution in [3.05, 3.63) is 54.0 Å². The SMILES string of the molecule is CN1CCN([C@@H]2CCCN(c3nnc(C(N)=O)c(Nc4ccc(N5CCN(CC6CCN(c7ccc(N8CCC(=O)NC8=O)cc7)CC6)C(=O)C5)c(F)c4)n3)C2)C1=O. The number of likely N-dealkylation sites (N-methyl/N-ethyl adjacent to an activating group) is 1. The van der Waals surface area contributed by atoms with Gasteiger partial charge >= 0.3 is 12.1 Å². The highest BCUT2D eigenvalue weighted by Crippen LogP contribution is 2.30. The van der Waals surface area contributed by atoms with Crippen molar-refractivity contribution in [3.8, 4) is 0 Å².